The molecule has 1 saturated carbocycles. The molecule has 0 bridgehead atoms. The maximum absolute atomic E-state index is 5.96. The van der Waals surface area contributed by atoms with Crippen LogP contribution in [0.3, 0.4) is 0 Å². The van der Waals surface area contributed by atoms with Crippen LogP contribution in [0.5, 0.6) is 5.88 Å². The number of aryl methyl sites for hydroxylation is 1. The number of fused-ring (bicyclic) bond motifs is 1. The number of nitrogens with zero attached hydrogens (tertiary/aromatic N) is 4. The average Bonchev–Trinajstić information content (AvgIpc) is 2.79. The minimum atomic E-state index is 0.667. The molecule has 0 aliphatic heterocycles. The predicted octanol–water partition coefficient (Wildman–Crippen LogP) is 2.93. The number of imidazole rings is 1. The van der Waals surface area contributed by atoms with Crippen LogP contribution in [0.1, 0.15) is 32.1 Å². The molecule has 0 spiro atoms. The smallest absolute Gasteiger partial charge is 0.244 e. The normalized spacial score (nSPS) is 16.9. The molecular formula is C13H17IN4O. The van der Waals surface area contributed by atoms with Gasteiger partial charge in [-0.2, -0.15) is 4.98 Å². The van der Waals surface area contributed by atoms with Gasteiger partial charge in [0.15, 0.2) is 15.0 Å². The molecule has 2 aromatic heterocycles. The van der Waals surface area contributed by atoms with Gasteiger partial charge in [0.2, 0.25) is 5.88 Å². The van der Waals surface area contributed by atoms with Gasteiger partial charge in [-0.25, -0.2) is 9.97 Å². The second kappa shape index (κ2) is 5.60. The number of hydrogen-bond donors (Lipinski definition) is 0. The molecule has 0 radical (unpaired) electrons. The van der Waals surface area contributed by atoms with Gasteiger partial charge in [0, 0.05) is 29.6 Å². The lowest BCUT2D eigenvalue weighted by atomic mass is 9.90. The monoisotopic (exact) mass is 372 g/mol. The van der Waals surface area contributed by atoms with E-state index in [4.69, 9.17) is 4.74 Å². The van der Waals surface area contributed by atoms with Gasteiger partial charge in [-0.1, -0.05) is 19.3 Å². The molecule has 5 nitrogen and oxygen atoms in total. The van der Waals surface area contributed by atoms with Crippen LogP contribution in [0.2, 0.25) is 0 Å². The molecule has 2 aromatic rings. The van der Waals surface area contributed by atoms with E-state index in [0.29, 0.717) is 21.3 Å². The van der Waals surface area contributed by atoms with Crippen molar-refractivity contribution in [1.29, 1.82) is 0 Å². The summed E-state index contributed by atoms with van der Waals surface area (Å²) < 4.78 is 8.56. The van der Waals surface area contributed by atoms with Crippen molar-refractivity contribution in [2.75, 3.05) is 6.61 Å². The van der Waals surface area contributed by atoms with Crippen molar-refractivity contribution in [3.8, 4) is 5.88 Å². The lowest BCUT2D eigenvalue weighted by molar-refractivity contribution is 0.204. The third-order valence-corrected chi connectivity index (χ3v) is 4.18. The van der Waals surface area contributed by atoms with Gasteiger partial charge in [0.05, 0.1) is 12.9 Å². The van der Waals surface area contributed by atoms with E-state index in [1.807, 2.05) is 11.6 Å². The molecule has 6 heteroatoms. The molecule has 2 heterocycles. The first-order valence-corrected chi connectivity index (χ1v) is 7.79. The van der Waals surface area contributed by atoms with Gasteiger partial charge in [-0.05, 0) is 18.8 Å². The van der Waals surface area contributed by atoms with Gasteiger partial charge >= 0.3 is 0 Å². The van der Waals surface area contributed by atoms with Crippen LogP contribution in [0.15, 0.2) is 6.33 Å². The molecule has 3 rings (SSSR count). The largest absolute Gasteiger partial charge is 0.476 e. The van der Waals surface area contributed by atoms with Crippen molar-refractivity contribution >= 4 is 33.8 Å². The Balaban J connectivity index is 1.81. The lowest BCUT2D eigenvalue weighted by Crippen LogP contribution is -2.16. The fourth-order valence-corrected chi connectivity index (χ4v) is 3.09. The molecular weight excluding hydrogens is 355 g/mol. The highest BCUT2D eigenvalue weighted by atomic mass is 127. The Bertz CT molecular complexity index is 577. The van der Waals surface area contributed by atoms with E-state index in [2.05, 4.69) is 37.5 Å². The zero-order chi connectivity index (χ0) is 13.2. The number of halogens is 1. The van der Waals surface area contributed by atoms with E-state index in [9.17, 15) is 0 Å². The molecule has 0 N–H and O–H groups in total. The Morgan fingerprint density at radius 1 is 1.32 bits per heavy atom. The van der Waals surface area contributed by atoms with Crippen molar-refractivity contribution < 1.29 is 4.74 Å². The lowest BCUT2D eigenvalue weighted by Gasteiger charge is -2.21. The molecule has 0 saturated heterocycles. The number of ether oxygens (including phenoxy) is 1. The fraction of sp³-hybridized carbons (Fsp3) is 0.615. The highest BCUT2D eigenvalue weighted by Gasteiger charge is 2.17. The minimum Gasteiger partial charge on any atom is -0.476 e. The Hall–Kier alpha value is -0.920. The number of aromatic nitrogens is 4. The minimum absolute atomic E-state index is 0.667. The first-order chi connectivity index (χ1) is 9.24. The molecule has 0 aromatic carbocycles. The first kappa shape index (κ1) is 13.1. The standard InChI is InChI=1S/C13H17IN4O/c1-18-8-15-11-10(18)12(17-13(14)16-11)19-7-9-5-3-2-4-6-9/h8-9H,2-7H2,1H3. The van der Waals surface area contributed by atoms with Crippen LogP contribution < -0.4 is 4.74 Å². The molecule has 1 fully saturated rings. The molecule has 0 amide bonds. The van der Waals surface area contributed by atoms with E-state index in [-0.39, 0.29) is 0 Å². The maximum Gasteiger partial charge on any atom is 0.244 e. The highest BCUT2D eigenvalue weighted by molar-refractivity contribution is 14.1. The van der Waals surface area contributed by atoms with Crippen molar-refractivity contribution in [2.24, 2.45) is 13.0 Å². The predicted molar refractivity (Wildman–Crippen MR) is 81.1 cm³/mol. The summed E-state index contributed by atoms with van der Waals surface area (Å²) in [5, 5.41) is 0. The second-order valence-corrected chi connectivity index (χ2v) is 6.11. The molecule has 1 aliphatic rings. The summed E-state index contributed by atoms with van der Waals surface area (Å²) in [4.78, 5) is 13.0. The van der Waals surface area contributed by atoms with Gasteiger partial charge < -0.3 is 9.30 Å². The number of hydrogen-bond acceptors (Lipinski definition) is 4. The van der Waals surface area contributed by atoms with E-state index in [0.717, 1.165) is 12.1 Å². The van der Waals surface area contributed by atoms with Gasteiger partial charge in [0.25, 0.3) is 0 Å². The first-order valence-electron chi connectivity index (χ1n) is 6.71. The molecule has 1 aliphatic carbocycles. The summed E-state index contributed by atoms with van der Waals surface area (Å²) in [6, 6.07) is 0. The van der Waals surface area contributed by atoms with Crippen LogP contribution in [-0.2, 0) is 7.05 Å². The van der Waals surface area contributed by atoms with Gasteiger partial charge in [-0.15, -0.1) is 0 Å². The molecule has 0 atom stereocenters. The third kappa shape index (κ3) is 2.82. The van der Waals surface area contributed by atoms with Crippen LogP contribution in [0.4, 0.5) is 0 Å². The van der Waals surface area contributed by atoms with Crippen molar-refractivity contribution in [3.63, 3.8) is 0 Å². The van der Waals surface area contributed by atoms with E-state index in [1.165, 1.54) is 32.1 Å². The summed E-state index contributed by atoms with van der Waals surface area (Å²) in [7, 11) is 1.94. The van der Waals surface area contributed by atoms with Crippen LogP contribution >= 0.6 is 22.6 Å². The Labute approximate surface area is 125 Å². The summed E-state index contributed by atoms with van der Waals surface area (Å²) >= 11 is 2.11. The van der Waals surface area contributed by atoms with Crippen molar-refractivity contribution in [2.45, 2.75) is 32.1 Å². The maximum atomic E-state index is 5.96. The molecule has 102 valence electrons. The quantitative estimate of drug-likeness (QED) is 0.614. The fourth-order valence-electron chi connectivity index (χ4n) is 2.65. The summed E-state index contributed by atoms with van der Waals surface area (Å²) in [5.74, 6) is 1.34. The van der Waals surface area contributed by atoms with Crippen molar-refractivity contribution in [3.05, 3.63) is 10.2 Å². The van der Waals surface area contributed by atoms with E-state index >= 15 is 0 Å². The number of rotatable bonds is 3. The van der Waals surface area contributed by atoms with Gasteiger partial charge in [0.1, 0.15) is 0 Å². The highest BCUT2D eigenvalue weighted by Crippen LogP contribution is 2.26. The zero-order valence-electron chi connectivity index (χ0n) is 11.0. The topological polar surface area (TPSA) is 52.8 Å². The Morgan fingerprint density at radius 2 is 2.11 bits per heavy atom. The van der Waals surface area contributed by atoms with Crippen molar-refractivity contribution in [1.82, 2.24) is 19.5 Å². The average molecular weight is 372 g/mol. The van der Waals surface area contributed by atoms with E-state index in [1.54, 1.807) is 6.33 Å². The van der Waals surface area contributed by atoms with Crippen LogP contribution in [0.25, 0.3) is 11.2 Å². The van der Waals surface area contributed by atoms with E-state index < -0.39 is 0 Å². The van der Waals surface area contributed by atoms with Gasteiger partial charge in [-0.3, -0.25) is 0 Å². The Morgan fingerprint density at radius 3 is 2.89 bits per heavy atom. The molecule has 19 heavy (non-hydrogen) atoms. The second-order valence-electron chi connectivity index (χ2n) is 5.14. The summed E-state index contributed by atoms with van der Waals surface area (Å²) in [6.07, 6.45) is 8.33. The SMILES string of the molecule is Cn1cnc2nc(I)nc(OCC3CCCCC3)c21. The third-order valence-electron chi connectivity index (χ3n) is 3.69. The van der Waals surface area contributed by atoms with Crippen LogP contribution in [-0.4, -0.2) is 26.1 Å². The van der Waals surface area contributed by atoms with Crippen LogP contribution in [0, 0.1) is 9.75 Å². The summed E-state index contributed by atoms with van der Waals surface area (Å²) in [6.45, 7) is 0.757. The molecule has 0 unspecified atom stereocenters. The zero-order valence-corrected chi connectivity index (χ0v) is 13.1. The Kier molecular flexibility index (Phi) is 3.86. The summed E-state index contributed by atoms with van der Waals surface area (Å²) in [5.41, 5.74) is 1.59.